The standard InChI is InChI=1S/C15H16N2O2S2/c1-11-3-5-14(6-4-11)17-21(18,19)15-9-7-13(8-10-15)16-12(2)20/h3-10,17H,1-2H3,(H,16,20). The van der Waals surface area contributed by atoms with Crippen molar-refractivity contribution in [1.82, 2.24) is 0 Å². The van der Waals surface area contributed by atoms with Gasteiger partial charge in [0.1, 0.15) is 0 Å². The van der Waals surface area contributed by atoms with Crippen LogP contribution in [0.4, 0.5) is 11.4 Å². The molecule has 0 aliphatic rings. The molecule has 2 aromatic carbocycles. The van der Waals surface area contributed by atoms with Gasteiger partial charge in [0.05, 0.1) is 9.88 Å². The lowest BCUT2D eigenvalue weighted by Gasteiger charge is -2.09. The number of rotatable bonds is 4. The molecule has 0 saturated heterocycles. The highest BCUT2D eigenvalue weighted by atomic mass is 32.2. The molecule has 0 spiro atoms. The Labute approximate surface area is 130 Å². The summed E-state index contributed by atoms with van der Waals surface area (Å²) in [6, 6.07) is 13.6. The van der Waals surface area contributed by atoms with Crippen LogP contribution in [-0.4, -0.2) is 13.4 Å². The van der Waals surface area contributed by atoms with Gasteiger partial charge in [-0.2, -0.15) is 0 Å². The van der Waals surface area contributed by atoms with E-state index >= 15 is 0 Å². The molecule has 0 aromatic heterocycles. The minimum atomic E-state index is -3.58. The maximum atomic E-state index is 12.3. The smallest absolute Gasteiger partial charge is 0.261 e. The molecule has 21 heavy (non-hydrogen) atoms. The second-order valence-corrected chi connectivity index (χ2v) is 6.97. The van der Waals surface area contributed by atoms with E-state index in [1.54, 1.807) is 31.2 Å². The van der Waals surface area contributed by atoms with Gasteiger partial charge in [0.2, 0.25) is 0 Å². The highest BCUT2D eigenvalue weighted by molar-refractivity contribution is 7.92. The number of aryl methyl sites for hydroxylation is 1. The molecule has 0 saturated carbocycles. The molecule has 0 fully saturated rings. The lowest BCUT2D eigenvalue weighted by molar-refractivity contribution is 0.601. The molecule has 0 aliphatic carbocycles. The quantitative estimate of drug-likeness (QED) is 0.846. The van der Waals surface area contributed by atoms with Gasteiger partial charge >= 0.3 is 0 Å². The van der Waals surface area contributed by atoms with Gasteiger partial charge in [0.15, 0.2) is 0 Å². The Balaban J connectivity index is 2.19. The molecule has 2 rings (SSSR count). The fourth-order valence-electron chi connectivity index (χ4n) is 1.76. The maximum Gasteiger partial charge on any atom is 0.261 e. The van der Waals surface area contributed by atoms with Crippen molar-refractivity contribution >= 4 is 38.6 Å². The van der Waals surface area contributed by atoms with Crippen LogP contribution in [0.2, 0.25) is 0 Å². The van der Waals surface area contributed by atoms with Crippen molar-refractivity contribution in [1.29, 1.82) is 0 Å². The number of hydrogen-bond donors (Lipinski definition) is 2. The van der Waals surface area contributed by atoms with Crippen LogP contribution in [0.25, 0.3) is 0 Å². The van der Waals surface area contributed by atoms with Gasteiger partial charge in [-0.3, -0.25) is 4.72 Å². The van der Waals surface area contributed by atoms with Crippen LogP contribution in [0.15, 0.2) is 53.4 Å². The zero-order valence-electron chi connectivity index (χ0n) is 11.8. The van der Waals surface area contributed by atoms with Crippen LogP contribution in [-0.2, 0) is 10.0 Å². The average Bonchev–Trinajstić information content (AvgIpc) is 2.41. The predicted molar refractivity (Wildman–Crippen MR) is 90.3 cm³/mol. The van der Waals surface area contributed by atoms with Crippen molar-refractivity contribution in [2.24, 2.45) is 0 Å². The van der Waals surface area contributed by atoms with Gasteiger partial charge in [-0.1, -0.05) is 29.9 Å². The fraction of sp³-hybridized carbons (Fsp3) is 0.133. The third kappa shape index (κ3) is 4.27. The van der Waals surface area contributed by atoms with Gasteiger partial charge in [-0.15, -0.1) is 0 Å². The molecule has 2 aromatic rings. The first-order valence-electron chi connectivity index (χ1n) is 6.34. The van der Waals surface area contributed by atoms with Crippen molar-refractivity contribution < 1.29 is 8.42 Å². The molecule has 6 heteroatoms. The Morgan fingerprint density at radius 2 is 1.48 bits per heavy atom. The summed E-state index contributed by atoms with van der Waals surface area (Å²) in [4.78, 5) is 0.832. The Morgan fingerprint density at radius 1 is 0.952 bits per heavy atom. The van der Waals surface area contributed by atoms with Gasteiger partial charge in [-0.05, 0) is 50.2 Å². The fourth-order valence-corrected chi connectivity index (χ4v) is 2.93. The van der Waals surface area contributed by atoms with Gasteiger partial charge in [0, 0.05) is 11.4 Å². The summed E-state index contributed by atoms with van der Waals surface area (Å²) in [5.41, 5.74) is 2.37. The highest BCUT2D eigenvalue weighted by Crippen LogP contribution is 2.18. The molecule has 0 unspecified atom stereocenters. The van der Waals surface area contributed by atoms with Crippen molar-refractivity contribution in [3.63, 3.8) is 0 Å². The molecule has 0 atom stereocenters. The Hall–Kier alpha value is -1.92. The number of sulfonamides is 1. The third-order valence-corrected chi connectivity index (χ3v) is 4.29. The van der Waals surface area contributed by atoms with Crippen LogP contribution in [0.5, 0.6) is 0 Å². The third-order valence-electron chi connectivity index (χ3n) is 2.79. The zero-order valence-corrected chi connectivity index (χ0v) is 13.4. The van der Waals surface area contributed by atoms with Gasteiger partial charge < -0.3 is 5.32 Å². The molecule has 0 amide bonds. The van der Waals surface area contributed by atoms with E-state index < -0.39 is 10.0 Å². The second-order valence-electron chi connectivity index (χ2n) is 4.68. The monoisotopic (exact) mass is 320 g/mol. The number of nitrogens with one attached hydrogen (secondary N) is 2. The normalized spacial score (nSPS) is 11.0. The first kappa shape index (κ1) is 15.5. The second kappa shape index (κ2) is 6.24. The van der Waals surface area contributed by atoms with E-state index in [1.165, 1.54) is 12.1 Å². The number of thiocarbonyl (C=S) groups is 1. The first-order valence-corrected chi connectivity index (χ1v) is 8.23. The number of anilines is 2. The van der Waals surface area contributed by atoms with E-state index in [-0.39, 0.29) is 4.90 Å². The lowest BCUT2D eigenvalue weighted by atomic mass is 10.2. The summed E-state index contributed by atoms with van der Waals surface area (Å²) in [5, 5.41) is 2.96. The van der Waals surface area contributed by atoms with E-state index in [0.717, 1.165) is 11.3 Å². The molecule has 0 aliphatic heterocycles. The minimum absolute atomic E-state index is 0.204. The van der Waals surface area contributed by atoms with Crippen molar-refractivity contribution in [2.45, 2.75) is 18.7 Å². The van der Waals surface area contributed by atoms with E-state index in [9.17, 15) is 8.42 Å². The molecule has 0 radical (unpaired) electrons. The summed E-state index contributed by atoms with van der Waals surface area (Å²) < 4.78 is 27.1. The SMILES string of the molecule is CC(=S)Nc1ccc(S(=O)(=O)Nc2ccc(C)cc2)cc1. The van der Waals surface area contributed by atoms with Crippen molar-refractivity contribution in [3.8, 4) is 0 Å². The number of benzene rings is 2. The average molecular weight is 320 g/mol. The van der Waals surface area contributed by atoms with Crippen molar-refractivity contribution in [2.75, 3.05) is 10.0 Å². The Bertz CT molecular complexity index is 736. The summed E-state index contributed by atoms with van der Waals surface area (Å²) >= 11 is 4.94. The van der Waals surface area contributed by atoms with Crippen LogP contribution in [0.3, 0.4) is 0 Å². The summed E-state index contributed by atoms with van der Waals surface area (Å²) in [6.45, 7) is 3.71. The van der Waals surface area contributed by atoms with E-state index in [1.807, 2.05) is 19.1 Å². The minimum Gasteiger partial charge on any atom is -0.350 e. The Morgan fingerprint density at radius 3 is 2.00 bits per heavy atom. The molecule has 4 nitrogen and oxygen atoms in total. The van der Waals surface area contributed by atoms with Crippen LogP contribution in [0, 0.1) is 6.92 Å². The molecule has 2 N–H and O–H groups in total. The zero-order chi connectivity index (χ0) is 15.5. The maximum absolute atomic E-state index is 12.3. The topological polar surface area (TPSA) is 58.2 Å². The highest BCUT2D eigenvalue weighted by Gasteiger charge is 2.13. The molecule has 0 bridgehead atoms. The summed E-state index contributed by atoms with van der Waals surface area (Å²) in [7, 11) is -3.58. The largest absolute Gasteiger partial charge is 0.350 e. The van der Waals surface area contributed by atoms with Crippen LogP contribution < -0.4 is 10.0 Å². The molecular weight excluding hydrogens is 304 g/mol. The predicted octanol–water partition coefficient (Wildman–Crippen LogP) is 3.56. The van der Waals surface area contributed by atoms with Crippen LogP contribution >= 0.6 is 12.2 Å². The number of hydrogen-bond acceptors (Lipinski definition) is 3. The molecule has 110 valence electrons. The summed E-state index contributed by atoms with van der Waals surface area (Å²) in [6.07, 6.45) is 0. The van der Waals surface area contributed by atoms with Crippen LogP contribution in [0.1, 0.15) is 12.5 Å². The van der Waals surface area contributed by atoms with E-state index in [4.69, 9.17) is 12.2 Å². The van der Waals surface area contributed by atoms with Gasteiger partial charge in [0.25, 0.3) is 10.0 Å². The summed E-state index contributed by atoms with van der Waals surface area (Å²) in [5.74, 6) is 0. The molecular formula is C15H16N2O2S2. The van der Waals surface area contributed by atoms with Gasteiger partial charge in [-0.25, -0.2) is 8.42 Å². The molecule has 0 heterocycles. The van der Waals surface area contributed by atoms with E-state index in [0.29, 0.717) is 10.7 Å². The van der Waals surface area contributed by atoms with E-state index in [2.05, 4.69) is 10.0 Å². The van der Waals surface area contributed by atoms with Crippen molar-refractivity contribution in [3.05, 3.63) is 54.1 Å². The lowest BCUT2D eigenvalue weighted by Crippen LogP contribution is -2.13. The Kier molecular flexibility index (Phi) is 4.59. The first-order chi connectivity index (χ1) is 9.87.